The molecule has 2 aliphatic rings. The van der Waals surface area contributed by atoms with Gasteiger partial charge < -0.3 is 20.4 Å². The van der Waals surface area contributed by atoms with E-state index in [0.29, 0.717) is 11.3 Å². The number of amides is 1. The number of benzene rings is 2. The number of para-hydroxylation sites is 2. The van der Waals surface area contributed by atoms with Crippen molar-refractivity contribution in [2.45, 2.75) is 32.1 Å². The first-order valence-corrected chi connectivity index (χ1v) is 11.0. The van der Waals surface area contributed by atoms with Crippen LogP contribution in [0.5, 0.6) is 0 Å². The number of anilines is 3. The molecule has 2 heterocycles. The maximum atomic E-state index is 13.2. The molecule has 2 N–H and O–H groups in total. The van der Waals surface area contributed by atoms with E-state index >= 15 is 0 Å². The molecule has 0 spiro atoms. The Morgan fingerprint density at radius 1 is 0.793 bits per heavy atom. The highest BCUT2D eigenvalue weighted by Gasteiger charge is 2.25. The Morgan fingerprint density at radius 2 is 1.52 bits per heavy atom. The molecular weight excluding hydrogens is 360 g/mol. The number of nitrogens with two attached hydrogens (primary N) is 1. The smallest absolute Gasteiger partial charge is 0.258 e. The molecule has 2 aromatic rings. The van der Waals surface area contributed by atoms with Crippen LogP contribution in [0.1, 0.15) is 42.5 Å². The number of piperidine rings is 1. The molecule has 1 amide bonds. The molecule has 2 aromatic carbocycles. The minimum absolute atomic E-state index is 0.0487. The summed E-state index contributed by atoms with van der Waals surface area (Å²) in [7, 11) is 0. The van der Waals surface area contributed by atoms with Crippen molar-refractivity contribution in [1.29, 1.82) is 0 Å². The van der Waals surface area contributed by atoms with Crippen molar-refractivity contribution < 1.29 is 4.79 Å². The van der Waals surface area contributed by atoms with Crippen LogP contribution in [0.4, 0.5) is 17.1 Å². The molecular formula is C24H32N4O. The standard InChI is InChI=1S/C24H32N4O/c25-21-12-10-20(11-13-21)24(29)28-19-7-18-27(22-8-2-3-9-23(22)28)17-6-16-26-14-4-1-5-15-26/h2-3,8-13H,1,4-7,14-19,25H2. The molecule has 1 saturated heterocycles. The van der Waals surface area contributed by atoms with Crippen molar-refractivity contribution in [3.05, 3.63) is 54.1 Å². The van der Waals surface area contributed by atoms with Gasteiger partial charge in [-0.25, -0.2) is 0 Å². The summed E-state index contributed by atoms with van der Waals surface area (Å²) in [4.78, 5) is 20.2. The van der Waals surface area contributed by atoms with E-state index in [-0.39, 0.29) is 5.91 Å². The average Bonchev–Trinajstić information content (AvgIpc) is 2.94. The van der Waals surface area contributed by atoms with Crippen LogP contribution in [-0.2, 0) is 0 Å². The predicted molar refractivity (Wildman–Crippen MR) is 121 cm³/mol. The van der Waals surface area contributed by atoms with Gasteiger partial charge in [0.1, 0.15) is 0 Å². The average molecular weight is 393 g/mol. The van der Waals surface area contributed by atoms with E-state index in [2.05, 4.69) is 28.0 Å². The van der Waals surface area contributed by atoms with E-state index in [1.54, 1.807) is 12.1 Å². The van der Waals surface area contributed by atoms with Gasteiger partial charge in [-0.2, -0.15) is 0 Å². The lowest BCUT2D eigenvalue weighted by Crippen LogP contribution is -2.33. The van der Waals surface area contributed by atoms with Gasteiger partial charge in [0.05, 0.1) is 11.4 Å². The van der Waals surface area contributed by atoms with E-state index in [0.717, 1.165) is 31.7 Å². The van der Waals surface area contributed by atoms with Gasteiger partial charge in [0.2, 0.25) is 0 Å². The summed E-state index contributed by atoms with van der Waals surface area (Å²) in [5.41, 5.74) is 9.35. The van der Waals surface area contributed by atoms with E-state index in [4.69, 9.17) is 5.73 Å². The van der Waals surface area contributed by atoms with Gasteiger partial charge in [-0.05, 0) is 81.7 Å². The third kappa shape index (κ3) is 4.73. The predicted octanol–water partition coefficient (Wildman–Crippen LogP) is 4.00. The first-order valence-electron chi connectivity index (χ1n) is 11.0. The minimum Gasteiger partial charge on any atom is -0.399 e. The van der Waals surface area contributed by atoms with Crippen molar-refractivity contribution in [1.82, 2.24) is 4.90 Å². The van der Waals surface area contributed by atoms with Gasteiger partial charge >= 0.3 is 0 Å². The lowest BCUT2D eigenvalue weighted by atomic mass is 10.1. The number of nitrogen functional groups attached to an aromatic ring is 1. The Hall–Kier alpha value is -2.53. The second kappa shape index (κ2) is 9.31. The van der Waals surface area contributed by atoms with E-state index in [1.165, 1.54) is 51.0 Å². The second-order valence-corrected chi connectivity index (χ2v) is 8.16. The maximum Gasteiger partial charge on any atom is 0.258 e. The molecule has 5 heteroatoms. The Labute approximate surface area is 174 Å². The third-order valence-electron chi connectivity index (χ3n) is 6.08. The molecule has 0 atom stereocenters. The van der Waals surface area contributed by atoms with Gasteiger partial charge in [0.25, 0.3) is 5.91 Å². The molecule has 0 aliphatic carbocycles. The van der Waals surface area contributed by atoms with Crippen LogP contribution in [0, 0.1) is 0 Å². The lowest BCUT2D eigenvalue weighted by molar-refractivity contribution is 0.0987. The van der Waals surface area contributed by atoms with Gasteiger partial charge in [0.15, 0.2) is 0 Å². The monoisotopic (exact) mass is 392 g/mol. The highest BCUT2D eigenvalue weighted by molar-refractivity contribution is 6.08. The summed E-state index contributed by atoms with van der Waals surface area (Å²) in [6, 6.07) is 15.6. The third-order valence-corrected chi connectivity index (χ3v) is 6.08. The quantitative estimate of drug-likeness (QED) is 0.782. The fourth-order valence-electron chi connectivity index (χ4n) is 4.51. The summed E-state index contributed by atoms with van der Waals surface area (Å²) >= 11 is 0. The van der Waals surface area contributed by atoms with Crippen molar-refractivity contribution in [2.24, 2.45) is 0 Å². The molecule has 2 aliphatic heterocycles. The van der Waals surface area contributed by atoms with Gasteiger partial charge in [-0.1, -0.05) is 18.6 Å². The largest absolute Gasteiger partial charge is 0.399 e. The van der Waals surface area contributed by atoms with Crippen molar-refractivity contribution in [3.8, 4) is 0 Å². The Morgan fingerprint density at radius 3 is 2.28 bits per heavy atom. The number of carbonyl (C=O) groups is 1. The van der Waals surface area contributed by atoms with Crippen LogP contribution in [0.25, 0.3) is 0 Å². The maximum absolute atomic E-state index is 13.2. The van der Waals surface area contributed by atoms with Crippen molar-refractivity contribution >= 4 is 23.0 Å². The van der Waals surface area contributed by atoms with Crippen LogP contribution in [0.2, 0.25) is 0 Å². The molecule has 0 saturated carbocycles. The topological polar surface area (TPSA) is 52.8 Å². The zero-order valence-corrected chi connectivity index (χ0v) is 17.2. The van der Waals surface area contributed by atoms with Crippen molar-refractivity contribution in [3.63, 3.8) is 0 Å². The minimum atomic E-state index is 0.0487. The highest BCUT2D eigenvalue weighted by Crippen LogP contribution is 2.33. The zero-order valence-electron chi connectivity index (χ0n) is 17.2. The number of carbonyl (C=O) groups excluding carboxylic acids is 1. The SMILES string of the molecule is Nc1ccc(C(=O)N2CCCN(CCCN3CCCCC3)c3ccccc32)cc1. The second-order valence-electron chi connectivity index (χ2n) is 8.16. The summed E-state index contributed by atoms with van der Waals surface area (Å²) in [5, 5.41) is 0. The van der Waals surface area contributed by atoms with Gasteiger partial charge in [-0.3, -0.25) is 4.79 Å². The molecule has 1 fully saturated rings. The molecule has 5 nitrogen and oxygen atoms in total. The molecule has 0 bridgehead atoms. The fourth-order valence-corrected chi connectivity index (χ4v) is 4.51. The number of rotatable bonds is 5. The Bertz CT molecular complexity index is 814. The normalized spacial score (nSPS) is 17.7. The summed E-state index contributed by atoms with van der Waals surface area (Å²) < 4.78 is 0. The summed E-state index contributed by atoms with van der Waals surface area (Å²) in [6.07, 6.45) is 6.21. The molecule has 0 unspecified atom stereocenters. The molecule has 0 radical (unpaired) electrons. The molecule has 0 aromatic heterocycles. The molecule has 4 rings (SSSR count). The van der Waals surface area contributed by atoms with E-state index in [1.807, 2.05) is 23.1 Å². The van der Waals surface area contributed by atoms with E-state index < -0.39 is 0 Å². The first-order chi connectivity index (χ1) is 14.2. The van der Waals surface area contributed by atoms with Crippen LogP contribution in [-0.4, -0.2) is 50.1 Å². The number of fused-ring (bicyclic) bond motifs is 1. The van der Waals surface area contributed by atoms with E-state index in [9.17, 15) is 4.79 Å². The molecule has 29 heavy (non-hydrogen) atoms. The number of hydrogen-bond acceptors (Lipinski definition) is 4. The lowest BCUT2D eigenvalue weighted by Gasteiger charge is -2.29. The Kier molecular flexibility index (Phi) is 6.35. The van der Waals surface area contributed by atoms with Crippen LogP contribution >= 0.6 is 0 Å². The summed E-state index contributed by atoms with van der Waals surface area (Å²) in [6.45, 7) is 6.44. The Balaban J connectivity index is 1.48. The molecule has 154 valence electrons. The summed E-state index contributed by atoms with van der Waals surface area (Å²) in [5.74, 6) is 0.0487. The number of likely N-dealkylation sites (tertiary alicyclic amines) is 1. The van der Waals surface area contributed by atoms with Crippen molar-refractivity contribution in [2.75, 3.05) is 54.8 Å². The number of hydrogen-bond donors (Lipinski definition) is 1. The van der Waals surface area contributed by atoms with Gasteiger partial charge in [0, 0.05) is 30.9 Å². The van der Waals surface area contributed by atoms with Crippen LogP contribution < -0.4 is 15.5 Å². The zero-order chi connectivity index (χ0) is 20.1. The van der Waals surface area contributed by atoms with Gasteiger partial charge in [-0.15, -0.1) is 0 Å². The highest BCUT2D eigenvalue weighted by atomic mass is 16.2. The van der Waals surface area contributed by atoms with Crippen LogP contribution in [0.3, 0.4) is 0 Å². The first kappa shape index (κ1) is 19.8. The fraction of sp³-hybridized carbons (Fsp3) is 0.458. The van der Waals surface area contributed by atoms with Crippen LogP contribution in [0.15, 0.2) is 48.5 Å². The number of nitrogens with zero attached hydrogens (tertiary/aromatic N) is 3.